The van der Waals surface area contributed by atoms with Gasteiger partial charge in [0.05, 0.1) is 22.2 Å². The van der Waals surface area contributed by atoms with Gasteiger partial charge in [-0.2, -0.15) is 5.26 Å². The summed E-state index contributed by atoms with van der Waals surface area (Å²) in [5.41, 5.74) is 2.35. The molecule has 0 unspecified atom stereocenters. The van der Waals surface area contributed by atoms with Gasteiger partial charge in [-0.25, -0.2) is 0 Å². The van der Waals surface area contributed by atoms with Crippen LogP contribution in [0.5, 0.6) is 0 Å². The molecule has 0 saturated carbocycles. The van der Waals surface area contributed by atoms with Crippen LogP contribution in [0.4, 0.5) is 5.69 Å². The molecular weight excluding hydrogens is 340 g/mol. The van der Waals surface area contributed by atoms with Crippen molar-refractivity contribution in [1.29, 1.82) is 5.26 Å². The van der Waals surface area contributed by atoms with Crippen molar-refractivity contribution in [3.63, 3.8) is 0 Å². The number of carbonyl (C=O) groups is 1. The highest BCUT2D eigenvalue weighted by Gasteiger charge is 2.13. The van der Waals surface area contributed by atoms with Gasteiger partial charge in [-0.3, -0.25) is 4.79 Å². The molecule has 0 saturated heterocycles. The van der Waals surface area contributed by atoms with E-state index in [1.165, 1.54) is 0 Å². The van der Waals surface area contributed by atoms with Crippen LogP contribution in [0.15, 0.2) is 40.9 Å². The Morgan fingerprint density at radius 3 is 2.80 bits per heavy atom. The second-order valence-electron chi connectivity index (χ2n) is 4.20. The van der Waals surface area contributed by atoms with Crippen molar-refractivity contribution in [2.24, 2.45) is 0 Å². The first-order chi connectivity index (χ1) is 9.52. The molecule has 0 aliphatic heterocycles. The van der Waals surface area contributed by atoms with Gasteiger partial charge in [0, 0.05) is 10.2 Å². The van der Waals surface area contributed by atoms with E-state index >= 15 is 0 Å². The predicted octanol–water partition coefficient (Wildman–Crippen LogP) is 4.53. The predicted molar refractivity (Wildman–Crippen MR) is 83.0 cm³/mol. The molecule has 2 aromatic rings. The fourth-order valence-electron chi connectivity index (χ4n) is 1.70. The SMILES string of the molecule is Cc1ccc(C#N)cc1NC(=O)c1cccc(Br)c1Cl. The second kappa shape index (κ2) is 6.08. The highest BCUT2D eigenvalue weighted by Crippen LogP contribution is 2.27. The zero-order valence-corrected chi connectivity index (χ0v) is 12.9. The molecule has 5 heteroatoms. The molecular formula is C15H10BrClN2O. The summed E-state index contributed by atoms with van der Waals surface area (Å²) in [6.07, 6.45) is 0. The van der Waals surface area contributed by atoms with Crippen LogP contribution >= 0.6 is 27.5 Å². The molecule has 1 N–H and O–H groups in total. The van der Waals surface area contributed by atoms with Gasteiger partial charge in [0.15, 0.2) is 0 Å². The normalized spacial score (nSPS) is 9.90. The van der Waals surface area contributed by atoms with Crippen molar-refractivity contribution in [1.82, 2.24) is 0 Å². The first-order valence-electron chi connectivity index (χ1n) is 5.79. The quantitative estimate of drug-likeness (QED) is 0.865. The molecule has 20 heavy (non-hydrogen) atoms. The summed E-state index contributed by atoms with van der Waals surface area (Å²) in [5, 5.41) is 12.0. The standard InChI is InChI=1S/C15H10BrClN2O/c1-9-5-6-10(8-18)7-13(9)19-15(20)11-3-2-4-12(16)14(11)17/h2-7H,1H3,(H,19,20). The van der Waals surface area contributed by atoms with E-state index in [2.05, 4.69) is 21.2 Å². The monoisotopic (exact) mass is 348 g/mol. The molecule has 0 bridgehead atoms. The number of carbonyl (C=O) groups excluding carboxylic acids is 1. The molecule has 0 heterocycles. The number of nitrogens with one attached hydrogen (secondary N) is 1. The van der Waals surface area contributed by atoms with Crippen LogP contribution in [0.2, 0.25) is 5.02 Å². The Kier molecular flexibility index (Phi) is 4.43. The van der Waals surface area contributed by atoms with Crippen LogP contribution in [-0.4, -0.2) is 5.91 Å². The lowest BCUT2D eigenvalue weighted by atomic mass is 10.1. The maximum absolute atomic E-state index is 12.2. The Morgan fingerprint density at radius 1 is 1.35 bits per heavy atom. The molecule has 0 spiro atoms. The third-order valence-corrected chi connectivity index (χ3v) is 4.11. The fourth-order valence-corrected chi connectivity index (χ4v) is 2.27. The summed E-state index contributed by atoms with van der Waals surface area (Å²) in [6.45, 7) is 1.86. The molecule has 0 atom stereocenters. The summed E-state index contributed by atoms with van der Waals surface area (Å²) < 4.78 is 0.661. The van der Waals surface area contributed by atoms with Crippen LogP contribution < -0.4 is 5.32 Å². The Balaban J connectivity index is 2.33. The average molecular weight is 350 g/mol. The molecule has 1 amide bonds. The summed E-state index contributed by atoms with van der Waals surface area (Å²) >= 11 is 9.37. The smallest absolute Gasteiger partial charge is 0.257 e. The van der Waals surface area contributed by atoms with E-state index in [9.17, 15) is 4.79 Å². The van der Waals surface area contributed by atoms with Crippen molar-refractivity contribution >= 4 is 39.1 Å². The van der Waals surface area contributed by atoms with Gasteiger partial charge in [0.2, 0.25) is 0 Å². The Labute approximate surface area is 130 Å². The Hall–Kier alpha value is -1.83. The zero-order valence-electron chi connectivity index (χ0n) is 10.6. The third-order valence-electron chi connectivity index (χ3n) is 2.81. The van der Waals surface area contributed by atoms with E-state index in [1.54, 1.807) is 36.4 Å². The highest BCUT2D eigenvalue weighted by molar-refractivity contribution is 9.10. The van der Waals surface area contributed by atoms with E-state index < -0.39 is 0 Å². The molecule has 0 radical (unpaired) electrons. The van der Waals surface area contributed by atoms with Crippen LogP contribution in [0.1, 0.15) is 21.5 Å². The summed E-state index contributed by atoms with van der Waals surface area (Å²) in [6, 6.07) is 12.3. The molecule has 0 aliphatic carbocycles. The number of halogens is 2. The van der Waals surface area contributed by atoms with Gasteiger partial charge in [-0.1, -0.05) is 23.7 Å². The largest absolute Gasteiger partial charge is 0.322 e. The van der Waals surface area contributed by atoms with Gasteiger partial charge in [-0.05, 0) is 52.7 Å². The van der Waals surface area contributed by atoms with E-state index in [0.717, 1.165) is 5.56 Å². The maximum Gasteiger partial charge on any atom is 0.257 e. The molecule has 2 rings (SSSR count). The van der Waals surface area contributed by atoms with Crippen molar-refractivity contribution in [2.75, 3.05) is 5.32 Å². The van der Waals surface area contributed by atoms with Crippen LogP contribution in [0.25, 0.3) is 0 Å². The third kappa shape index (κ3) is 3.01. The van der Waals surface area contributed by atoms with Crippen LogP contribution in [0.3, 0.4) is 0 Å². The number of amides is 1. The Bertz CT molecular complexity index is 722. The minimum atomic E-state index is -0.311. The summed E-state index contributed by atoms with van der Waals surface area (Å²) in [7, 11) is 0. The second-order valence-corrected chi connectivity index (χ2v) is 5.43. The lowest BCUT2D eigenvalue weighted by Crippen LogP contribution is -2.13. The molecule has 3 nitrogen and oxygen atoms in total. The molecule has 100 valence electrons. The molecule has 0 aliphatic rings. The number of hydrogen-bond donors (Lipinski definition) is 1. The number of nitriles is 1. The minimum absolute atomic E-state index is 0.311. The van der Waals surface area contributed by atoms with Crippen molar-refractivity contribution in [3.8, 4) is 6.07 Å². The lowest BCUT2D eigenvalue weighted by Gasteiger charge is -2.10. The first-order valence-corrected chi connectivity index (χ1v) is 6.96. The van der Waals surface area contributed by atoms with Gasteiger partial charge in [0.25, 0.3) is 5.91 Å². The number of benzene rings is 2. The van der Waals surface area contributed by atoms with Gasteiger partial charge in [-0.15, -0.1) is 0 Å². The lowest BCUT2D eigenvalue weighted by molar-refractivity contribution is 0.102. The van der Waals surface area contributed by atoms with Crippen molar-refractivity contribution in [2.45, 2.75) is 6.92 Å². The van der Waals surface area contributed by atoms with Gasteiger partial charge >= 0.3 is 0 Å². The molecule has 0 aromatic heterocycles. The number of aryl methyl sites for hydroxylation is 1. The van der Waals surface area contributed by atoms with Gasteiger partial charge < -0.3 is 5.32 Å². The number of rotatable bonds is 2. The van der Waals surface area contributed by atoms with E-state index in [-0.39, 0.29) is 5.91 Å². The fraction of sp³-hybridized carbons (Fsp3) is 0.0667. The number of anilines is 1. The van der Waals surface area contributed by atoms with Crippen molar-refractivity contribution < 1.29 is 4.79 Å². The molecule has 0 fully saturated rings. The van der Waals surface area contributed by atoms with Crippen molar-refractivity contribution in [3.05, 3.63) is 62.6 Å². The number of hydrogen-bond acceptors (Lipinski definition) is 2. The summed E-state index contributed by atoms with van der Waals surface area (Å²) in [4.78, 5) is 12.2. The maximum atomic E-state index is 12.2. The van der Waals surface area contributed by atoms with Gasteiger partial charge in [0.1, 0.15) is 0 Å². The summed E-state index contributed by atoms with van der Waals surface area (Å²) in [5.74, 6) is -0.311. The van der Waals surface area contributed by atoms with Crippen LogP contribution in [0, 0.1) is 18.3 Å². The minimum Gasteiger partial charge on any atom is -0.322 e. The zero-order chi connectivity index (χ0) is 14.7. The van der Waals surface area contributed by atoms with Crippen LogP contribution in [-0.2, 0) is 0 Å². The highest BCUT2D eigenvalue weighted by atomic mass is 79.9. The Morgan fingerprint density at radius 2 is 2.10 bits per heavy atom. The van der Waals surface area contributed by atoms with E-state index in [4.69, 9.17) is 16.9 Å². The van der Waals surface area contributed by atoms with E-state index in [1.807, 2.05) is 13.0 Å². The molecule has 2 aromatic carbocycles. The first kappa shape index (κ1) is 14.6. The number of nitrogens with zero attached hydrogens (tertiary/aromatic N) is 1. The topological polar surface area (TPSA) is 52.9 Å². The average Bonchev–Trinajstić information content (AvgIpc) is 2.44. The van der Waals surface area contributed by atoms with E-state index in [0.29, 0.717) is 26.3 Å².